The number of amides is 1. The summed E-state index contributed by atoms with van der Waals surface area (Å²) in [5, 5.41) is 3.50. The zero-order chi connectivity index (χ0) is 23.5. The van der Waals surface area contributed by atoms with Gasteiger partial charge < -0.3 is 14.1 Å². The lowest BCUT2D eigenvalue weighted by Gasteiger charge is -2.34. The maximum absolute atomic E-state index is 13.0. The average Bonchev–Trinajstić information content (AvgIpc) is 3.34. The molecule has 1 saturated heterocycles. The Labute approximate surface area is 208 Å². The van der Waals surface area contributed by atoms with Crippen molar-refractivity contribution in [2.45, 2.75) is 13.2 Å². The smallest absolute Gasteiger partial charge is 0.289 e. The predicted octanol–water partition coefficient (Wildman–Crippen LogP) is 6.28. The van der Waals surface area contributed by atoms with Gasteiger partial charge in [-0.1, -0.05) is 65.7 Å². The highest BCUT2D eigenvalue weighted by Gasteiger charge is 2.25. The van der Waals surface area contributed by atoms with Crippen LogP contribution in [0.4, 0.5) is 0 Å². The van der Waals surface area contributed by atoms with Gasteiger partial charge in [0.05, 0.1) is 0 Å². The van der Waals surface area contributed by atoms with Gasteiger partial charge in [0, 0.05) is 53.7 Å². The minimum atomic E-state index is -0.105. The van der Waals surface area contributed by atoms with Crippen molar-refractivity contribution in [1.82, 2.24) is 9.80 Å². The maximum atomic E-state index is 13.0. The number of fused-ring (bicyclic) bond motifs is 1. The molecule has 0 saturated carbocycles. The number of halogens is 2. The van der Waals surface area contributed by atoms with Gasteiger partial charge >= 0.3 is 0 Å². The van der Waals surface area contributed by atoms with Gasteiger partial charge in [-0.15, -0.1) is 0 Å². The normalized spacial score (nSPS) is 14.5. The molecule has 4 aromatic rings. The molecule has 5 rings (SSSR count). The van der Waals surface area contributed by atoms with Gasteiger partial charge in [0.1, 0.15) is 18.1 Å². The number of rotatable bonds is 6. The van der Waals surface area contributed by atoms with E-state index in [1.807, 2.05) is 53.4 Å². The third kappa shape index (κ3) is 4.92. The standard InChI is InChI=1S/C27H24Cl2N2O3/c28-23-8-4-9-24(29)22(23)17-30-13-15-31(16-14-30)27(32)26-12-11-20(34-26)18-33-25-10-3-6-19-5-1-2-7-21(19)25/h1-12H,13-18H2. The molecule has 0 atom stereocenters. The number of hydrogen-bond acceptors (Lipinski definition) is 4. The number of furan rings is 1. The Morgan fingerprint density at radius 2 is 1.56 bits per heavy atom. The van der Waals surface area contributed by atoms with Crippen molar-refractivity contribution in [1.29, 1.82) is 0 Å². The molecule has 1 amide bonds. The fourth-order valence-corrected chi connectivity index (χ4v) is 4.73. The Hall–Kier alpha value is -2.99. The molecular formula is C27H24Cl2N2O3. The zero-order valence-corrected chi connectivity index (χ0v) is 20.1. The van der Waals surface area contributed by atoms with Crippen molar-refractivity contribution in [2.75, 3.05) is 26.2 Å². The lowest BCUT2D eigenvalue weighted by Crippen LogP contribution is -2.48. The lowest BCUT2D eigenvalue weighted by atomic mass is 10.1. The molecule has 3 aromatic carbocycles. The molecule has 5 nitrogen and oxygen atoms in total. The lowest BCUT2D eigenvalue weighted by molar-refractivity contribution is 0.0594. The summed E-state index contributed by atoms with van der Waals surface area (Å²) in [5.41, 5.74) is 0.924. The van der Waals surface area contributed by atoms with Crippen molar-refractivity contribution in [3.05, 3.63) is 99.9 Å². The first-order valence-corrected chi connectivity index (χ1v) is 12.0. The molecule has 0 radical (unpaired) electrons. The molecule has 174 valence electrons. The van der Waals surface area contributed by atoms with Crippen LogP contribution in [0.15, 0.2) is 77.2 Å². The minimum Gasteiger partial charge on any atom is -0.485 e. The number of benzene rings is 3. The number of carbonyl (C=O) groups is 1. The van der Waals surface area contributed by atoms with Gasteiger partial charge in [-0.05, 0) is 35.7 Å². The number of hydrogen-bond donors (Lipinski definition) is 0. The van der Waals surface area contributed by atoms with E-state index in [2.05, 4.69) is 17.0 Å². The third-order valence-electron chi connectivity index (χ3n) is 6.09. The van der Waals surface area contributed by atoms with Crippen LogP contribution in [-0.4, -0.2) is 41.9 Å². The topological polar surface area (TPSA) is 45.9 Å². The summed E-state index contributed by atoms with van der Waals surface area (Å²) >= 11 is 12.6. The SMILES string of the molecule is O=C(c1ccc(COc2cccc3ccccc23)o1)N1CCN(Cc2c(Cl)cccc2Cl)CC1. The van der Waals surface area contributed by atoms with E-state index in [9.17, 15) is 4.79 Å². The quantitative estimate of drug-likeness (QED) is 0.316. The Bertz CT molecular complexity index is 1290. The second-order valence-corrected chi connectivity index (χ2v) is 9.11. The molecule has 7 heteroatoms. The van der Waals surface area contributed by atoms with Crippen LogP contribution in [0.3, 0.4) is 0 Å². The van der Waals surface area contributed by atoms with Crippen LogP contribution in [-0.2, 0) is 13.2 Å². The van der Waals surface area contributed by atoms with Crippen molar-refractivity contribution < 1.29 is 13.9 Å². The van der Waals surface area contributed by atoms with Crippen LogP contribution < -0.4 is 4.74 Å². The van der Waals surface area contributed by atoms with Crippen LogP contribution in [0.25, 0.3) is 10.8 Å². The van der Waals surface area contributed by atoms with Crippen LogP contribution in [0.5, 0.6) is 5.75 Å². The first-order valence-electron chi connectivity index (χ1n) is 11.2. The molecule has 1 fully saturated rings. The molecule has 1 aliphatic heterocycles. The van der Waals surface area contributed by atoms with Gasteiger partial charge in [0.2, 0.25) is 0 Å². The molecular weight excluding hydrogens is 471 g/mol. The van der Waals surface area contributed by atoms with E-state index in [1.165, 1.54) is 0 Å². The van der Waals surface area contributed by atoms with E-state index in [4.69, 9.17) is 32.4 Å². The largest absolute Gasteiger partial charge is 0.485 e. The first-order chi connectivity index (χ1) is 16.6. The molecule has 2 heterocycles. The fraction of sp³-hybridized carbons (Fsp3) is 0.222. The molecule has 34 heavy (non-hydrogen) atoms. The molecule has 1 aromatic heterocycles. The van der Waals surface area contributed by atoms with E-state index in [1.54, 1.807) is 12.1 Å². The maximum Gasteiger partial charge on any atom is 0.289 e. The van der Waals surface area contributed by atoms with Crippen LogP contribution >= 0.6 is 23.2 Å². The minimum absolute atomic E-state index is 0.105. The highest BCUT2D eigenvalue weighted by molar-refractivity contribution is 6.35. The van der Waals surface area contributed by atoms with E-state index in [0.29, 0.717) is 41.2 Å². The van der Waals surface area contributed by atoms with Crippen LogP contribution in [0, 0.1) is 0 Å². The predicted molar refractivity (Wildman–Crippen MR) is 135 cm³/mol. The Morgan fingerprint density at radius 1 is 0.853 bits per heavy atom. The van der Waals surface area contributed by atoms with Crippen molar-refractivity contribution in [2.24, 2.45) is 0 Å². The van der Waals surface area contributed by atoms with Crippen molar-refractivity contribution in [3.63, 3.8) is 0 Å². The summed E-state index contributed by atoms with van der Waals surface area (Å²) in [6.07, 6.45) is 0. The van der Waals surface area contributed by atoms with Gasteiger partial charge in [-0.3, -0.25) is 9.69 Å². The number of piperazine rings is 1. The van der Waals surface area contributed by atoms with E-state index >= 15 is 0 Å². The number of ether oxygens (including phenoxy) is 1. The molecule has 1 aliphatic rings. The molecule has 0 N–H and O–H groups in total. The zero-order valence-electron chi connectivity index (χ0n) is 18.5. The first kappa shape index (κ1) is 22.8. The number of nitrogens with zero attached hydrogens (tertiary/aromatic N) is 2. The summed E-state index contributed by atoms with van der Waals surface area (Å²) < 4.78 is 11.8. The molecule has 0 unspecified atom stereocenters. The van der Waals surface area contributed by atoms with Crippen molar-refractivity contribution >= 4 is 39.9 Å². The van der Waals surface area contributed by atoms with E-state index < -0.39 is 0 Å². The van der Waals surface area contributed by atoms with Crippen LogP contribution in [0.1, 0.15) is 21.9 Å². The molecule has 0 spiro atoms. The van der Waals surface area contributed by atoms with Gasteiger partial charge in [0.15, 0.2) is 5.76 Å². The summed E-state index contributed by atoms with van der Waals surface area (Å²) in [6, 6.07) is 23.1. The van der Waals surface area contributed by atoms with Crippen molar-refractivity contribution in [3.8, 4) is 5.75 Å². The van der Waals surface area contributed by atoms with Crippen LogP contribution in [0.2, 0.25) is 10.0 Å². The summed E-state index contributed by atoms with van der Waals surface area (Å²) in [5.74, 6) is 1.63. The average molecular weight is 495 g/mol. The van der Waals surface area contributed by atoms with Gasteiger partial charge in [0.25, 0.3) is 5.91 Å². The highest BCUT2D eigenvalue weighted by atomic mass is 35.5. The van der Waals surface area contributed by atoms with Gasteiger partial charge in [-0.2, -0.15) is 0 Å². The van der Waals surface area contributed by atoms with Gasteiger partial charge in [-0.25, -0.2) is 0 Å². The molecule has 0 aliphatic carbocycles. The van der Waals surface area contributed by atoms with E-state index in [0.717, 1.165) is 35.2 Å². The number of carbonyl (C=O) groups excluding carboxylic acids is 1. The second-order valence-electron chi connectivity index (χ2n) is 8.30. The third-order valence-corrected chi connectivity index (χ3v) is 6.80. The monoisotopic (exact) mass is 494 g/mol. The summed E-state index contributed by atoms with van der Waals surface area (Å²) in [4.78, 5) is 17.0. The Morgan fingerprint density at radius 3 is 2.35 bits per heavy atom. The Kier molecular flexibility index (Phi) is 6.77. The molecule has 0 bridgehead atoms. The Balaban J connectivity index is 1.17. The van der Waals surface area contributed by atoms with E-state index in [-0.39, 0.29) is 12.5 Å². The second kappa shape index (κ2) is 10.1. The summed E-state index contributed by atoms with van der Waals surface area (Å²) in [6.45, 7) is 3.63. The highest BCUT2D eigenvalue weighted by Crippen LogP contribution is 2.27. The fourth-order valence-electron chi connectivity index (χ4n) is 4.21. The summed E-state index contributed by atoms with van der Waals surface area (Å²) in [7, 11) is 0.